The zero-order chi connectivity index (χ0) is 24.5. The van der Waals surface area contributed by atoms with Crippen LogP contribution in [0.15, 0.2) is 30.3 Å². The van der Waals surface area contributed by atoms with Gasteiger partial charge in [-0.2, -0.15) is 0 Å². The molecule has 35 heavy (non-hydrogen) atoms. The van der Waals surface area contributed by atoms with Crippen molar-refractivity contribution < 1.29 is 18.1 Å². The molecule has 0 aromatic heterocycles. The number of rotatable bonds is 9. The van der Waals surface area contributed by atoms with Crippen molar-refractivity contribution in [2.45, 2.75) is 56.2 Å². The number of carbonyl (C=O) groups excluding carboxylic acids is 1. The molecule has 1 aliphatic heterocycles. The van der Waals surface area contributed by atoms with E-state index in [1.165, 1.54) is 6.07 Å². The first-order chi connectivity index (χ1) is 16.9. The lowest BCUT2D eigenvalue weighted by atomic mass is 9.97. The van der Waals surface area contributed by atoms with Gasteiger partial charge in [-0.3, -0.25) is 14.4 Å². The molecule has 1 unspecified atom stereocenters. The summed E-state index contributed by atoms with van der Waals surface area (Å²) in [6.07, 6.45) is 5.66. The van der Waals surface area contributed by atoms with Gasteiger partial charge >= 0.3 is 0 Å². The molecule has 2 aromatic carbocycles. The number of benzene rings is 2. The summed E-state index contributed by atoms with van der Waals surface area (Å²) in [4.78, 5) is 14.9. The quantitative estimate of drug-likeness (QED) is 0.434. The Morgan fingerprint density at radius 1 is 1.03 bits per heavy atom. The first-order valence-electron chi connectivity index (χ1n) is 12.2. The Hall–Kier alpha value is -1.67. The topological polar surface area (TPSA) is 58.6 Å². The standard InChI is InChI=1S/C26H29Cl2FN2O3S/c27-19-9-17(10-20(28)11-19)14-31-7-5-16(6-8-31)15-34-25-13-24(29)23(12-22(25)18-1-2-18)26(32)30-35(33)21-3-4-21/h9-13,16,18,21H,1-8,14-15H2,(H,30,32). The van der Waals surface area contributed by atoms with Crippen LogP contribution < -0.4 is 9.46 Å². The molecule has 1 N–H and O–H groups in total. The number of carbonyl (C=O) groups is 1. The van der Waals surface area contributed by atoms with Crippen LogP contribution in [0.25, 0.3) is 0 Å². The Kier molecular flexibility index (Phi) is 7.68. The van der Waals surface area contributed by atoms with Crippen molar-refractivity contribution in [3.05, 3.63) is 62.9 Å². The summed E-state index contributed by atoms with van der Waals surface area (Å²) in [6.45, 7) is 3.21. The molecule has 3 aliphatic rings. The second kappa shape index (κ2) is 10.8. The number of nitrogens with zero attached hydrogens (tertiary/aromatic N) is 1. The van der Waals surface area contributed by atoms with Gasteiger partial charge in [0.05, 0.1) is 17.4 Å². The highest BCUT2D eigenvalue weighted by Crippen LogP contribution is 2.45. The van der Waals surface area contributed by atoms with E-state index in [0.717, 1.165) is 69.3 Å². The van der Waals surface area contributed by atoms with Crippen LogP contribution in [0.2, 0.25) is 10.0 Å². The fourth-order valence-corrected chi connectivity index (χ4v) is 6.17. The summed E-state index contributed by atoms with van der Waals surface area (Å²) >= 11 is 12.2. The fourth-order valence-electron chi connectivity index (χ4n) is 4.58. The molecule has 1 heterocycles. The summed E-state index contributed by atoms with van der Waals surface area (Å²) in [5.74, 6) is -0.0502. The maximum atomic E-state index is 14.8. The molecule has 0 radical (unpaired) electrons. The van der Waals surface area contributed by atoms with E-state index in [9.17, 15) is 13.4 Å². The van der Waals surface area contributed by atoms with Gasteiger partial charge in [-0.15, -0.1) is 0 Å². The smallest absolute Gasteiger partial charge is 0.265 e. The molecule has 9 heteroatoms. The molecule has 2 saturated carbocycles. The Labute approximate surface area is 217 Å². The third-order valence-electron chi connectivity index (χ3n) is 6.89. The van der Waals surface area contributed by atoms with Crippen LogP contribution in [0.3, 0.4) is 0 Å². The number of piperidine rings is 1. The van der Waals surface area contributed by atoms with Crippen LogP contribution in [0, 0.1) is 11.7 Å². The van der Waals surface area contributed by atoms with Crippen molar-refractivity contribution in [1.29, 1.82) is 0 Å². The highest BCUT2D eigenvalue weighted by Gasteiger charge is 2.33. The van der Waals surface area contributed by atoms with E-state index in [4.69, 9.17) is 27.9 Å². The van der Waals surface area contributed by atoms with E-state index in [1.54, 1.807) is 12.1 Å². The minimum Gasteiger partial charge on any atom is -0.493 e. The zero-order valence-electron chi connectivity index (χ0n) is 19.4. The maximum Gasteiger partial charge on any atom is 0.265 e. The monoisotopic (exact) mass is 538 g/mol. The van der Waals surface area contributed by atoms with Crippen molar-refractivity contribution in [3.63, 3.8) is 0 Å². The number of hydrogen-bond acceptors (Lipinski definition) is 4. The van der Waals surface area contributed by atoms with Gasteiger partial charge in [0.1, 0.15) is 22.6 Å². The summed E-state index contributed by atoms with van der Waals surface area (Å²) in [6, 6.07) is 8.57. The number of halogens is 3. The summed E-state index contributed by atoms with van der Waals surface area (Å²) in [5.41, 5.74) is 1.93. The molecule has 1 atom stereocenters. The number of amides is 1. The predicted molar refractivity (Wildman–Crippen MR) is 137 cm³/mol. The maximum absolute atomic E-state index is 14.8. The van der Waals surface area contributed by atoms with E-state index < -0.39 is 22.7 Å². The minimum absolute atomic E-state index is 0.00207. The van der Waals surface area contributed by atoms with Crippen molar-refractivity contribution in [2.24, 2.45) is 5.92 Å². The average molecular weight is 540 g/mol. The van der Waals surface area contributed by atoms with Crippen LogP contribution in [0.1, 0.15) is 65.9 Å². The van der Waals surface area contributed by atoms with Crippen LogP contribution in [-0.4, -0.2) is 40.0 Å². The van der Waals surface area contributed by atoms with E-state index in [-0.39, 0.29) is 16.7 Å². The van der Waals surface area contributed by atoms with E-state index in [1.807, 2.05) is 12.1 Å². The third kappa shape index (κ3) is 6.56. The molecule has 2 aromatic rings. The van der Waals surface area contributed by atoms with Crippen LogP contribution in [-0.2, 0) is 17.5 Å². The SMILES string of the molecule is O=C(NS(=O)C1CC1)c1cc(C2CC2)c(OCC2CCN(Cc3cc(Cl)cc(Cl)c3)CC2)cc1F. The largest absolute Gasteiger partial charge is 0.493 e. The summed E-state index contributed by atoms with van der Waals surface area (Å²) in [5, 5.41) is 1.30. The van der Waals surface area contributed by atoms with Gasteiger partial charge in [0, 0.05) is 22.7 Å². The molecular weight excluding hydrogens is 510 g/mol. The summed E-state index contributed by atoms with van der Waals surface area (Å²) in [7, 11) is -1.45. The number of hydrogen-bond donors (Lipinski definition) is 1. The highest BCUT2D eigenvalue weighted by atomic mass is 35.5. The molecule has 1 saturated heterocycles. The molecule has 3 fully saturated rings. The van der Waals surface area contributed by atoms with Crippen LogP contribution in [0.4, 0.5) is 4.39 Å². The molecule has 188 valence electrons. The van der Waals surface area contributed by atoms with Gasteiger partial charge in [-0.1, -0.05) is 23.2 Å². The Bertz CT molecular complexity index is 1110. The lowest BCUT2D eigenvalue weighted by molar-refractivity contribution is 0.0978. The molecule has 5 nitrogen and oxygen atoms in total. The lowest BCUT2D eigenvalue weighted by Crippen LogP contribution is -2.35. The Morgan fingerprint density at radius 2 is 1.71 bits per heavy atom. The van der Waals surface area contributed by atoms with Crippen molar-refractivity contribution in [1.82, 2.24) is 9.62 Å². The van der Waals surface area contributed by atoms with E-state index >= 15 is 0 Å². The van der Waals surface area contributed by atoms with Crippen LogP contribution >= 0.6 is 23.2 Å². The fraction of sp³-hybridized carbons (Fsp3) is 0.500. The molecular formula is C26H29Cl2FN2O3S. The lowest BCUT2D eigenvalue weighted by Gasteiger charge is -2.32. The van der Waals surface area contributed by atoms with Gasteiger partial charge in [0.15, 0.2) is 0 Å². The van der Waals surface area contributed by atoms with E-state index in [2.05, 4.69) is 9.62 Å². The first-order valence-corrected chi connectivity index (χ1v) is 14.2. The van der Waals surface area contributed by atoms with Crippen LogP contribution in [0.5, 0.6) is 5.75 Å². The number of nitrogens with one attached hydrogen (secondary N) is 1. The zero-order valence-corrected chi connectivity index (χ0v) is 21.7. The van der Waals surface area contributed by atoms with Gasteiger partial charge in [-0.25, -0.2) is 8.60 Å². The Balaban J connectivity index is 1.17. The van der Waals surface area contributed by atoms with Crippen molar-refractivity contribution >= 4 is 40.1 Å². The second-order valence-electron chi connectivity index (χ2n) is 9.88. The molecule has 5 rings (SSSR count). The van der Waals surface area contributed by atoms with E-state index in [0.29, 0.717) is 28.3 Å². The van der Waals surface area contributed by atoms with Crippen molar-refractivity contribution in [3.8, 4) is 5.75 Å². The number of ether oxygens (including phenoxy) is 1. The molecule has 1 amide bonds. The summed E-state index contributed by atoms with van der Waals surface area (Å²) < 4.78 is 35.5. The molecule has 0 spiro atoms. The van der Waals surface area contributed by atoms with Gasteiger partial charge in [0.2, 0.25) is 0 Å². The minimum atomic E-state index is -1.45. The highest BCUT2D eigenvalue weighted by molar-refractivity contribution is 7.84. The van der Waals surface area contributed by atoms with Gasteiger partial charge < -0.3 is 4.74 Å². The first kappa shape index (κ1) is 25.0. The molecule has 2 aliphatic carbocycles. The predicted octanol–water partition coefficient (Wildman–Crippen LogP) is 5.86. The normalized spacial score (nSPS) is 20.0. The Morgan fingerprint density at radius 3 is 2.34 bits per heavy atom. The van der Waals surface area contributed by atoms with Gasteiger partial charge in [0.25, 0.3) is 5.91 Å². The van der Waals surface area contributed by atoms with Gasteiger partial charge in [-0.05, 0) is 98.8 Å². The number of likely N-dealkylation sites (tertiary alicyclic amines) is 1. The average Bonchev–Trinajstić information content (AvgIpc) is 3.71. The third-order valence-corrected chi connectivity index (χ3v) is 8.79. The van der Waals surface area contributed by atoms with Crippen molar-refractivity contribution in [2.75, 3.05) is 19.7 Å². The molecule has 0 bridgehead atoms. The second-order valence-corrected chi connectivity index (χ2v) is 12.2.